The maximum absolute atomic E-state index is 11.9. The van der Waals surface area contributed by atoms with Gasteiger partial charge in [-0.1, -0.05) is 19.1 Å². The van der Waals surface area contributed by atoms with Gasteiger partial charge in [0.2, 0.25) is 10.0 Å². The third kappa shape index (κ3) is 5.38. The molecule has 0 heterocycles. The summed E-state index contributed by atoms with van der Waals surface area (Å²) in [6.07, 6.45) is 0. The number of ether oxygens (including phenoxy) is 1. The van der Waals surface area contributed by atoms with Crippen molar-refractivity contribution in [2.24, 2.45) is 5.92 Å². The third-order valence-electron chi connectivity index (χ3n) is 2.74. The van der Waals surface area contributed by atoms with Crippen LogP contribution in [0, 0.1) is 5.92 Å². The van der Waals surface area contributed by atoms with Gasteiger partial charge in [-0.2, -0.15) is 0 Å². The summed E-state index contributed by atoms with van der Waals surface area (Å²) in [6.45, 7) is 3.62. The minimum atomic E-state index is -3.32. The molecule has 0 saturated heterocycles. The van der Waals surface area contributed by atoms with E-state index in [-0.39, 0.29) is 17.7 Å². The average Bonchev–Trinajstić information content (AvgIpc) is 2.37. The van der Waals surface area contributed by atoms with Gasteiger partial charge in [-0.25, -0.2) is 13.1 Å². The molecule has 1 unspecified atom stereocenters. The Hall–Kier alpha value is -0.780. The first-order valence-electron chi connectivity index (χ1n) is 6.08. The number of halogens is 1. The Morgan fingerprint density at radius 2 is 1.84 bits per heavy atom. The molecular formula is C13H20ClNO3S. The molecule has 0 aliphatic rings. The zero-order valence-corrected chi connectivity index (χ0v) is 13.0. The van der Waals surface area contributed by atoms with Crippen molar-refractivity contribution in [3.05, 3.63) is 29.8 Å². The van der Waals surface area contributed by atoms with Crippen molar-refractivity contribution in [3.63, 3.8) is 0 Å². The fraction of sp³-hybridized carbons (Fsp3) is 0.538. The average molecular weight is 306 g/mol. The molecule has 6 heteroatoms. The fourth-order valence-electron chi connectivity index (χ4n) is 1.70. The second kappa shape index (κ2) is 7.12. The Kier molecular flexibility index (Phi) is 6.10. The summed E-state index contributed by atoms with van der Waals surface area (Å²) in [6, 6.07) is 7.02. The van der Waals surface area contributed by atoms with E-state index in [1.165, 1.54) is 0 Å². The number of hydrogen-bond donors (Lipinski definition) is 1. The molecule has 0 aromatic heterocycles. The lowest BCUT2D eigenvalue weighted by atomic mass is 10.1. The predicted octanol–water partition coefficient (Wildman–Crippen LogP) is 2.55. The summed E-state index contributed by atoms with van der Waals surface area (Å²) in [4.78, 5) is 0. The largest absolute Gasteiger partial charge is 0.497 e. The van der Waals surface area contributed by atoms with Crippen LogP contribution in [-0.4, -0.2) is 27.2 Å². The van der Waals surface area contributed by atoms with Crippen LogP contribution in [0.25, 0.3) is 0 Å². The van der Waals surface area contributed by atoms with Crippen molar-refractivity contribution in [1.82, 2.24) is 4.72 Å². The Labute approximate surface area is 120 Å². The van der Waals surface area contributed by atoms with Gasteiger partial charge in [-0.05, 0) is 30.5 Å². The minimum Gasteiger partial charge on any atom is -0.497 e. The quantitative estimate of drug-likeness (QED) is 0.788. The summed E-state index contributed by atoms with van der Waals surface area (Å²) in [5, 5.41) is 0. The molecule has 2 atom stereocenters. The van der Waals surface area contributed by atoms with Crippen molar-refractivity contribution >= 4 is 21.6 Å². The number of rotatable bonds is 7. The van der Waals surface area contributed by atoms with Crippen molar-refractivity contribution in [2.75, 3.05) is 18.7 Å². The van der Waals surface area contributed by atoms with Crippen LogP contribution in [0.1, 0.15) is 25.5 Å². The first-order chi connectivity index (χ1) is 8.88. The van der Waals surface area contributed by atoms with Crippen molar-refractivity contribution < 1.29 is 13.2 Å². The summed E-state index contributed by atoms with van der Waals surface area (Å²) in [5.74, 6) is 1.05. The maximum atomic E-state index is 11.9. The van der Waals surface area contributed by atoms with Crippen LogP contribution < -0.4 is 9.46 Å². The third-order valence-corrected chi connectivity index (χ3v) is 4.99. The summed E-state index contributed by atoms with van der Waals surface area (Å²) in [5.41, 5.74) is 0.892. The van der Waals surface area contributed by atoms with Crippen LogP contribution in [0.4, 0.5) is 0 Å². The van der Waals surface area contributed by atoms with E-state index in [1.807, 2.05) is 38.1 Å². The Bertz CT molecular complexity index is 487. The monoisotopic (exact) mass is 305 g/mol. The van der Waals surface area contributed by atoms with E-state index in [0.29, 0.717) is 5.88 Å². The molecule has 0 aliphatic heterocycles. The first-order valence-corrected chi connectivity index (χ1v) is 8.26. The molecule has 4 nitrogen and oxygen atoms in total. The second-order valence-corrected chi connectivity index (χ2v) is 6.76. The molecule has 0 fully saturated rings. The van der Waals surface area contributed by atoms with Crippen LogP contribution in [0.3, 0.4) is 0 Å². The molecule has 0 spiro atoms. The Morgan fingerprint density at radius 3 is 2.32 bits per heavy atom. The van der Waals surface area contributed by atoms with Gasteiger partial charge >= 0.3 is 0 Å². The fourth-order valence-corrected chi connectivity index (χ4v) is 3.57. The van der Waals surface area contributed by atoms with E-state index < -0.39 is 10.0 Å². The van der Waals surface area contributed by atoms with Gasteiger partial charge in [-0.15, -0.1) is 11.6 Å². The topological polar surface area (TPSA) is 55.4 Å². The maximum Gasteiger partial charge on any atom is 0.212 e. The van der Waals surface area contributed by atoms with Crippen LogP contribution in [-0.2, 0) is 10.0 Å². The van der Waals surface area contributed by atoms with Crippen LogP contribution in [0.5, 0.6) is 5.75 Å². The van der Waals surface area contributed by atoms with E-state index >= 15 is 0 Å². The Morgan fingerprint density at radius 1 is 1.26 bits per heavy atom. The normalized spacial score (nSPS) is 14.9. The SMILES string of the molecule is COc1ccc([C@H](C)NS(=O)(=O)CC(C)CCl)cc1. The molecule has 0 aliphatic carbocycles. The van der Waals surface area contributed by atoms with Gasteiger partial charge in [0.1, 0.15) is 5.75 Å². The zero-order chi connectivity index (χ0) is 14.5. The first kappa shape index (κ1) is 16.3. The summed E-state index contributed by atoms with van der Waals surface area (Å²) >= 11 is 5.64. The predicted molar refractivity (Wildman–Crippen MR) is 78.2 cm³/mol. The van der Waals surface area contributed by atoms with Crippen molar-refractivity contribution in [2.45, 2.75) is 19.9 Å². The number of nitrogens with one attached hydrogen (secondary N) is 1. The molecule has 0 radical (unpaired) electrons. The Balaban J connectivity index is 2.70. The molecule has 1 N–H and O–H groups in total. The van der Waals surface area contributed by atoms with Gasteiger partial charge in [0.15, 0.2) is 0 Å². The molecule has 0 amide bonds. The smallest absolute Gasteiger partial charge is 0.212 e. The van der Waals surface area contributed by atoms with E-state index in [4.69, 9.17) is 16.3 Å². The van der Waals surface area contributed by atoms with Gasteiger partial charge in [0.25, 0.3) is 0 Å². The number of alkyl halides is 1. The molecule has 1 aromatic carbocycles. The lowest BCUT2D eigenvalue weighted by Crippen LogP contribution is -2.31. The van der Waals surface area contributed by atoms with E-state index in [1.54, 1.807) is 7.11 Å². The lowest BCUT2D eigenvalue weighted by Gasteiger charge is -2.16. The number of sulfonamides is 1. The van der Waals surface area contributed by atoms with Gasteiger partial charge < -0.3 is 4.74 Å². The standard InChI is InChI=1S/C13H20ClNO3S/c1-10(8-14)9-19(16,17)15-11(2)12-4-6-13(18-3)7-5-12/h4-7,10-11,15H,8-9H2,1-3H3/t10?,11-/m0/s1. The van der Waals surface area contributed by atoms with Crippen LogP contribution in [0.2, 0.25) is 0 Å². The van der Waals surface area contributed by atoms with Crippen LogP contribution in [0.15, 0.2) is 24.3 Å². The van der Waals surface area contributed by atoms with E-state index in [2.05, 4.69) is 4.72 Å². The second-order valence-electron chi connectivity index (χ2n) is 4.65. The lowest BCUT2D eigenvalue weighted by molar-refractivity contribution is 0.414. The van der Waals surface area contributed by atoms with Gasteiger partial charge in [0, 0.05) is 11.9 Å². The molecule has 0 saturated carbocycles. The number of methoxy groups -OCH3 is 1. The highest BCUT2D eigenvalue weighted by Gasteiger charge is 2.18. The molecule has 0 bridgehead atoms. The highest BCUT2D eigenvalue weighted by atomic mass is 35.5. The molecule has 1 aromatic rings. The highest BCUT2D eigenvalue weighted by molar-refractivity contribution is 7.89. The van der Waals surface area contributed by atoms with E-state index in [0.717, 1.165) is 11.3 Å². The number of benzene rings is 1. The van der Waals surface area contributed by atoms with Crippen LogP contribution >= 0.6 is 11.6 Å². The zero-order valence-electron chi connectivity index (χ0n) is 11.4. The van der Waals surface area contributed by atoms with Gasteiger partial charge in [-0.3, -0.25) is 0 Å². The van der Waals surface area contributed by atoms with Crippen molar-refractivity contribution in [3.8, 4) is 5.75 Å². The van der Waals surface area contributed by atoms with Crippen molar-refractivity contribution in [1.29, 1.82) is 0 Å². The molecule has 19 heavy (non-hydrogen) atoms. The van der Waals surface area contributed by atoms with Gasteiger partial charge in [0.05, 0.1) is 12.9 Å². The summed E-state index contributed by atoms with van der Waals surface area (Å²) in [7, 11) is -1.73. The number of hydrogen-bond acceptors (Lipinski definition) is 3. The molecule has 108 valence electrons. The molecular weight excluding hydrogens is 286 g/mol. The van der Waals surface area contributed by atoms with E-state index in [9.17, 15) is 8.42 Å². The molecule has 1 rings (SSSR count). The summed E-state index contributed by atoms with van der Waals surface area (Å²) < 4.78 is 31.5. The minimum absolute atomic E-state index is 0.0387. The highest BCUT2D eigenvalue weighted by Crippen LogP contribution is 2.18.